The molecule has 0 aliphatic rings. The minimum Gasteiger partial charge on any atom is -0.258 e. The molecule has 0 radical (unpaired) electrons. The maximum Gasteiger partial charge on any atom is 0.273 e. The molecule has 0 aliphatic carbocycles. The van der Waals surface area contributed by atoms with Gasteiger partial charge in [0.1, 0.15) is 0 Å². The Morgan fingerprint density at radius 3 is 2.52 bits per heavy atom. The van der Waals surface area contributed by atoms with Crippen molar-refractivity contribution in [3.8, 4) is 5.69 Å². The van der Waals surface area contributed by atoms with Crippen molar-refractivity contribution in [1.29, 1.82) is 0 Å². The molecule has 10 nitrogen and oxygen atoms in total. The fraction of sp³-hybridized carbons (Fsp3) is 0.188. The number of nitrogens with one attached hydrogen (secondary N) is 1. The molecule has 0 aliphatic heterocycles. The molecule has 11 heteroatoms. The van der Waals surface area contributed by atoms with Crippen LogP contribution in [0.2, 0.25) is 0 Å². The summed E-state index contributed by atoms with van der Waals surface area (Å²) in [5.41, 5.74) is 0.472. The van der Waals surface area contributed by atoms with Crippen LogP contribution in [0, 0.1) is 17.0 Å². The molecule has 1 heterocycles. The fourth-order valence-corrected chi connectivity index (χ4v) is 4.12. The number of rotatable bonds is 6. The summed E-state index contributed by atoms with van der Waals surface area (Å²) in [6, 6.07) is 12.2. The van der Waals surface area contributed by atoms with Gasteiger partial charge in [-0.2, -0.15) is 4.68 Å². The molecule has 0 bridgehead atoms. The van der Waals surface area contributed by atoms with E-state index in [1.165, 1.54) is 29.8 Å². The first-order valence-corrected chi connectivity index (χ1v) is 9.39. The summed E-state index contributed by atoms with van der Waals surface area (Å²) in [7, 11) is -4.03. The molecule has 1 N–H and O–H groups in total. The highest BCUT2D eigenvalue weighted by atomic mass is 32.2. The number of para-hydroxylation sites is 1. The number of nitrogens with zero attached hydrogens (tertiary/aromatic N) is 5. The zero-order chi connectivity index (χ0) is 19.6. The quantitative estimate of drug-likeness (QED) is 0.504. The summed E-state index contributed by atoms with van der Waals surface area (Å²) in [5, 5.41) is 22.5. The van der Waals surface area contributed by atoms with E-state index in [1.807, 2.05) is 18.2 Å². The van der Waals surface area contributed by atoms with Crippen LogP contribution in [0.4, 0.5) is 5.69 Å². The van der Waals surface area contributed by atoms with E-state index >= 15 is 0 Å². The fourth-order valence-electron chi connectivity index (χ4n) is 2.66. The molecule has 3 rings (SSSR count). The molecule has 0 amide bonds. The van der Waals surface area contributed by atoms with Crippen LogP contribution in [0.5, 0.6) is 0 Å². The van der Waals surface area contributed by atoms with Crippen LogP contribution < -0.4 is 4.72 Å². The van der Waals surface area contributed by atoms with Crippen molar-refractivity contribution < 1.29 is 13.3 Å². The van der Waals surface area contributed by atoms with Crippen molar-refractivity contribution in [2.24, 2.45) is 0 Å². The third-order valence-electron chi connectivity index (χ3n) is 3.96. The van der Waals surface area contributed by atoms with Gasteiger partial charge in [-0.15, -0.1) is 5.10 Å². The topological polar surface area (TPSA) is 133 Å². The highest BCUT2D eigenvalue weighted by molar-refractivity contribution is 7.89. The molecule has 27 heavy (non-hydrogen) atoms. The monoisotopic (exact) mass is 388 g/mol. The zero-order valence-corrected chi connectivity index (χ0v) is 15.3. The number of nitro groups is 1. The molecule has 1 aromatic heterocycles. The van der Waals surface area contributed by atoms with Crippen LogP contribution in [0.15, 0.2) is 53.4 Å². The Hall–Kier alpha value is -3.18. The Morgan fingerprint density at radius 2 is 1.85 bits per heavy atom. The van der Waals surface area contributed by atoms with Gasteiger partial charge in [0, 0.05) is 11.6 Å². The first kappa shape index (κ1) is 18.6. The first-order chi connectivity index (χ1) is 12.8. The highest BCUT2D eigenvalue weighted by Crippen LogP contribution is 2.26. The standard InChI is InChI=1S/C16H16N6O4S/c1-11-14(22(23)24)9-6-10-15(11)27(25,26)18-12(2)16-17-19-20-21(16)13-7-4-3-5-8-13/h3-10,12,18H,1-2H3. The van der Waals surface area contributed by atoms with Gasteiger partial charge in [0.05, 0.1) is 21.5 Å². The Kier molecular flexibility index (Phi) is 4.97. The average Bonchev–Trinajstić information content (AvgIpc) is 3.12. The van der Waals surface area contributed by atoms with E-state index in [0.717, 1.165) is 0 Å². The van der Waals surface area contributed by atoms with E-state index in [0.29, 0.717) is 5.69 Å². The highest BCUT2D eigenvalue weighted by Gasteiger charge is 2.27. The van der Waals surface area contributed by atoms with E-state index in [9.17, 15) is 18.5 Å². The van der Waals surface area contributed by atoms with Crippen molar-refractivity contribution in [1.82, 2.24) is 24.9 Å². The Morgan fingerprint density at radius 1 is 1.15 bits per heavy atom. The summed E-state index contributed by atoms with van der Waals surface area (Å²) in [4.78, 5) is 10.3. The zero-order valence-electron chi connectivity index (χ0n) is 14.5. The average molecular weight is 388 g/mol. The minimum absolute atomic E-state index is 0.0600. The maximum absolute atomic E-state index is 12.8. The van der Waals surface area contributed by atoms with Crippen LogP contribution in [-0.4, -0.2) is 33.5 Å². The summed E-state index contributed by atoms with van der Waals surface area (Å²) in [6.07, 6.45) is 0. The second kappa shape index (κ2) is 7.21. The molecule has 0 fully saturated rings. The van der Waals surface area contributed by atoms with Crippen LogP contribution in [0.3, 0.4) is 0 Å². The molecular formula is C16H16N6O4S. The lowest BCUT2D eigenvalue weighted by molar-refractivity contribution is -0.385. The van der Waals surface area contributed by atoms with E-state index in [4.69, 9.17) is 0 Å². The van der Waals surface area contributed by atoms with E-state index in [-0.39, 0.29) is 22.0 Å². The predicted molar refractivity (Wildman–Crippen MR) is 95.7 cm³/mol. The van der Waals surface area contributed by atoms with Gasteiger partial charge < -0.3 is 0 Å². The SMILES string of the molecule is Cc1c([N+](=O)[O-])cccc1S(=O)(=O)NC(C)c1nnnn1-c1ccccc1. The number of tetrazole rings is 1. The first-order valence-electron chi connectivity index (χ1n) is 7.91. The number of aromatic nitrogens is 4. The second-order valence-electron chi connectivity index (χ2n) is 5.78. The smallest absolute Gasteiger partial charge is 0.258 e. The van der Waals surface area contributed by atoms with Gasteiger partial charge in [-0.3, -0.25) is 10.1 Å². The van der Waals surface area contributed by atoms with Gasteiger partial charge in [-0.1, -0.05) is 24.3 Å². The van der Waals surface area contributed by atoms with Crippen molar-refractivity contribution in [3.63, 3.8) is 0 Å². The van der Waals surface area contributed by atoms with Gasteiger partial charge in [0.2, 0.25) is 10.0 Å². The molecule has 1 atom stereocenters. The molecule has 0 spiro atoms. The third kappa shape index (κ3) is 3.68. The van der Waals surface area contributed by atoms with Gasteiger partial charge in [0.25, 0.3) is 5.69 Å². The van der Waals surface area contributed by atoms with E-state index in [1.54, 1.807) is 19.1 Å². The van der Waals surface area contributed by atoms with Crippen LogP contribution >= 0.6 is 0 Å². The van der Waals surface area contributed by atoms with E-state index < -0.39 is 21.0 Å². The maximum atomic E-state index is 12.8. The Balaban J connectivity index is 1.93. The largest absolute Gasteiger partial charge is 0.273 e. The lowest BCUT2D eigenvalue weighted by Gasteiger charge is -2.15. The molecule has 0 saturated carbocycles. The van der Waals surface area contributed by atoms with Crippen LogP contribution in [-0.2, 0) is 10.0 Å². The minimum atomic E-state index is -4.03. The van der Waals surface area contributed by atoms with Crippen molar-refractivity contribution in [3.05, 3.63) is 70.0 Å². The van der Waals surface area contributed by atoms with E-state index in [2.05, 4.69) is 20.2 Å². The number of sulfonamides is 1. The van der Waals surface area contributed by atoms with Crippen LogP contribution in [0.25, 0.3) is 5.69 Å². The van der Waals surface area contributed by atoms with Crippen LogP contribution in [0.1, 0.15) is 24.4 Å². The lowest BCUT2D eigenvalue weighted by Crippen LogP contribution is -2.29. The van der Waals surface area contributed by atoms with Gasteiger partial charge in [-0.05, 0) is 42.5 Å². The molecule has 1 unspecified atom stereocenters. The normalized spacial score (nSPS) is 12.7. The third-order valence-corrected chi connectivity index (χ3v) is 5.64. The Labute approximate surface area is 155 Å². The Bertz CT molecular complexity index is 1080. The summed E-state index contributed by atoms with van der Waals surface area (Å²) < 4.78 is 29.4. The van der Waals surface area contributed by atoms with Gasteiger partial charge >= 0.3 is 0 Å². The molecule has 2 aromatic carbocycles. The molecule has 3 aromatic rings. The number of nitro benzene ring substituents is 1. The molecule has 140 valence electrons. The van der Waals surface area contributed by atoms with Gasteiger partial charge in [0.15, 0.2) is 5.82 Å². The predicted octanol–water partition coefficient (Wildman–Crippen LogP) is 1.92. The number of hydrogen-bond donors (Lipinski definition) is 1. The lowest BCUT2D eigenvalue weighted by atomic mass is 10.2. The van der Waals surface area contributed by atoms with Crippen molar-refractivity contribution in [2.75, 3.05) is 0 Å². The summed E-state index contributed by atoms with van der Waals surface area (Å²) in [5.74, 6) is 0.285. The number of benzene rings is 2. The molecular weight excluding hydrogens is 372 g/mol. The van der Waals surface area contributed by atoms with Crippen molar-refractivity contribution in [2.45, 2.75) is 24.8 Å². The van der Waals surface area contributed by atoms with Crippen molar-refractivity contribution >= 4 is 15.7 Å². The van der Waals surface area contributed by atoms with Gasteiger partial charge in [-0.25, -0.2) is 13.1 Å². The summed E-state index contributed by atoms with van der Waals surface area (Å²) >= 11 is 0. The number of hydrogen-bond acceptors (Lipinski definition) is 7. The molecule has 0 saturated heterocycles. The second-order valence-corrected chi connectivity index (χ2v) is 7.47. The summed E-state index contributed by atoms with van der Waals surface area (Å²) in [6.45, 7) is 2.99.